The Kier molecular flexibility index (Phi) is 6.09. The number of amides is 1. The van der Waals surface area contributed by atoms with E-state index in [1.165, 1.54) is 0 Å². The number of carbonyl (C=O) groups excluding carboxylic acids is 1. The fourth-order valence-electron chi connectivity index (χ4n) is 4.45. The number of para-hydroxylation sites is 2. The van der Waals surface area contributed by atoms with Crippen LogP contribution in [0, 0.1) is 11.3 Å². The van der Waals surface area contributed by atoms with E-state index in [9.17, 15) is 10.1 Å². The molecule has 1 saturated heterocycles. The third-order valence-corrected chi connectivity index (χ3v) is 6.22. The number of hydrogen-bond acceptors (Lipinski definition) is 5. The van der Waals surface area contributed by atoms with Crippen LogP contribution in [-0.2, 0) is 4.79 Å². The Morgan fingerprint density at radius 3 is 2.35 bits per heavy atom. The molecule has 1 amide bonds. The maximum absolute atomic E-state index is 13.6. The summed E-state index contributed by atoms with van der Waals surface area (Å²) in [5.41, 5.74) is 5.14. The van der Waals surface area contributed by atoms with Gasteiger partial charge in [0.05, 0.1) is 23.5 Å². The number of allylic oxidation sites excluding steroid dienone is 2. The summed E-state index contributed by atoms with van der Waals surface area (Å²) in [6.07, 6.45) is 5.80. The molecule has 6 nitrogen and oxygen atoms in total. The predicted molar refractivity (Wildman–Crippen MR) is 134 cm³/mol. The molecule has 5 rings (SSSR count). The molecule has 3 heterocycles. The summed E-state index contributed by atoms with van der Waals surface area (Å²) < 4.78 is 0. The highest BCUT2D eigenvalue weighted by Gasteiger charge is 2.27. The zero-order chi connectivity index (χ0) is 23.3. The lowest BCUT2D eigenvalue weighted by atomic mass is 10.0. The van der Waals surface area contributed by atoms with Crippen molar-refractivity contribution in [2.24, 2.45) is 0 Å². The third kappa shape index (κ3) is 4.41. The zero-order valence-electron chi connectivity index (χ0n) is 18.8. The molecule has 34 heavy (non-hydrogen) atoms. The predicted octanol–water partition coefficient (Wildman–Crippen LogP) is 4.09. The van der Waals surface area contributed by atoms with Crippen molar-refractivity contribution in [1.82, 2.24) is 9.88 Å². The summed E-state index contributed by atoms with van der Waals surface area (Å²) in [5, 5.41) is 9.43. The summed E-state index contributed by atoms with van der Waals surface area (Å²) in [4.78, 5) is 24.3. The smallest absolute Gasteiger partial charge is 0.251 e. The Morgan fingerprint density at radius 1 is 0.882 bits per heavy atom. The van der Waals surface area contributed by atoms with Crippen LogP contribution in [0.1, 0.15) is 11.3 Å². The van der Waals surface area contributed by atoms with Gasteiger partial charge in [-0.3, -0.25) is 9.78 Å². The topological polar surface area (TPSA) is 63.5 Å². The molecule has 0 N–H and O–H groups in total. The molecule has 0 bridgehead atoms. The van der Waals surface area contributed by atoms with E-state index in [2.05, 4.69) is 27.1 Å². The fraction of sp³-hybridized carbons (Fsp3) is 0.179. The SMILES string of the molecule is N#Cc1ccccc1N1CCN(C(=O)C2=CC(c3ccccn3)=CN(c3ccccc3)C2)CC1. The number of carbonyl (C=O) groups is 1. The van der Waals surface area contributed by atoms with E-state index < -0.39 is 0 Å². The van der Waals surface area contributed by atoms with Gasteiger partial charge >= 0.3 is 0 Å². The summed E-state index contributed by atoms with van der Waals surface area (Å²) in [6, 6.07) is 25.8. The molecule has 0 aliphatic carbocycles. The number of pyridine rings is 1. The maximum Gasteiger partial charge on any atom is 0.251 e. The first-order chi connectivity index (χ1) is 16.7. The molecule has 0 radical (unpaired) electrons. The first kappa shape index (κ1) is 21.5. The molecule has 3 aromatic rings. The summed E-state index contributed by atoms with van der Waals surface area (Å²) in [5.74, 6) is 0.0516. The molecule has 1 fully saturated rings. The first-order valence-corrected chi connectivity index (χ1v) is 11.4. The molecule has 0 unspecified atom stereocenters. The lowest BCUT2D eigenvalue weighted by molar-refractivity contribution is -0.127. The van der Waals surface area contributed by atoms with E-state index in [0.717, 1.165) is 28.2 Å². The number of nitrogens with zero attached hydrogens (tertiary/aromatic N) is 5. The standard InChI is InChI=1S/C28H25N5O/c29-19-22-8-4-5-12-27(22)31-14-16-32(17-15-31)28(34)24-18-23(26-11-6-7-13-30-26)20-33(21-24)25-9-2-1-3-10-25/h1-13,18,20H,14-17,21H2. The van der Waals surface area contributed by atoms with Crippen molar-refractivity contribution < 1.29 is 4.79 Å². The van der Waals surface area contributed by atoms with Crippen LogP contribution in [0.3, 0.4) is 0 Å². The van der Waals surface area contributed by atoms with Crippen LogP contribution in [-0.4, -0.2) is 48.5 Å². The highest BCUT2D eigenvalue weighted by Crippen LogP contribution is 2.28. The minimum Gasteiger partial charge on any atom is -0.367 e. The highest BCUT2D eigenvalue weighted by atomic mass is 16.2. The van der Waals surface area contributed by atoms with Gasteiger partial charge in [-0.2, -0.15) is 5.26 Å². The van der Waals surface area contributed by atoms with Gasteiger partial charge in [-0.15, -0.1) is 0 Å². The van der Waals surface area contributed by atoms with Crippen molar-refractivity contribution in [3.8, 4) is 6.07 Å². The van der Waals surface area contributed by atoms with Crippen molar-refractivity contribution in [3.63, 3.8) is 0 Å². The van der Waals surface area contributed by atoms with Crippen LogP contribution < -0.4 is 9.80 Å². The molecule has 1 aromatic heterocycles. The number of nitriles is 1. The van der Waals surface area contributed by atoms with Gasteiger partial charge in [-0.05, 0) is 42.5 Å². The van der Waals surface area contributed by atoms with E-state index in [0.29, 0.717) is 38.3 Å². The molecule has 0 saturated carbocycles. The van der Waals surface area contributed by atoms with Crippen molar-refractivity contribution in [2.75, 3.05) is 42.5 Å². The molecular formula is C28H25N5O. The molecule has 2 aromatic carbocycles. The maximum atomic E-state index is 13.6. The molecule has 0 spiro atoms. The normalized spacial score (nSPS) is 15.9. The summed E-state index contributed by atoms with van der Waals surface area (Å²) >= 11 is 0. The van der Waals surface area contributed by atoms with Crippen molar-refractivity contribution in [3.05, 3.63) is 108 Å². The Balaban J connectivity index is 1.36. The van der Waals surface area contributed by atoms with Gasteiger partial charge in [0.1, 0.15) is 6.07 Å². The van der Waals surface area contributed by atoms with Gasteiger partial charge in [0.25, 0.3) is 5.91 Å². The van der Waals surface area contributed by atoms with Crippen LogP contribution in [0.15, 0.2) is 96.8 Å². The van der Waals surface area contributed by atoms with Gasteiger partial charge in [-0.1, -0.05) is 36.4 Å². The Labute approximate surface area is 199 Å². The van der Waals surface area contributed by atoms with Gasteiger partial charge in [-0.25, -0.2) is 0 Å². The Hall–Kier alpha value is -4.37. The van der Waals surface area contributed by atoms with Crippen LogP contribution in [0.2, 0.25) is 0 Å². The van der Waals surface area contributed by atoms with E-state index in [1.54, 1.807) is 6.20 Å². The molecule has 2 aliphatic heterocycles. The van der Waals surface area contributed by atoms with Crippen LogP contribution in [0.5, 0.6) is 0 Å². The largest absolute Gasteiger partial charge is 0.367 e. The van der Waals surface area contributed by atoms with Crippen molar-refractivity contribution in [2.45, 2.75) is 0 Å². The molecule has 168 valence electrons. The lowest BCUT2D eigenvalue weighted by Crippen LogP contribution is -2.50. The van der Waals surface area contributed by atoms with Gasteiger partial charge in [0.2, 0.25) is 0 Å². The summed E-state index contributed by atoms with van der Waals surface area (Å²) in [6.45, 7) is 3.14. The number of aromatic nitrogens is 1. The second-order valence-electron chi connectivity index (χ2n) is 8.34. The lowest BCUT2D eigenvalue weighted by Gasteiger charge is -2.37. The zero-order valence-corrected chi connectivity index (χ0v) is 18.8. The fourth-order valence-corrected chi connectivity index (χ4v) is 4.45. The quantitative estimate of drug-likeness (QED) is 0.603. The number of hydrogen-bond donors (Lipinski definition) is 0. The van der Waals surface area contributed by atoms with E-state index in [1.807, 2.05) is 83.8 Å². The van der Waals surface area contributed by atoms with Crippen LogP contribution in [0.4, 0.5) is 11.4 Å². The first-order valence-electron chi connectivity index (χ1n) is 11.4. The van der Waals surface area contributed by atoms with Crippen molar-refractivity contribution >= 4 is 22.9 Å². The molecule has 2 aliphatic rings. The number of anilines is 2. The second kappa shape index (κ2) is 9.63. The average molecular weight is 448 g/mol. The molecular weight excluding hydrogens is 422 g/mol. The van der Waals surface area contributed by atoms with Gasteiger partial charge in [0, 0.05) is 55.4 Å². The van der Waals surface area contributed by atoms with E-state index in [-0.39, 0.29) is 5.91 Å². The third-order valence-electron chi connectivity index (χ3n) is 6.22. The number of rotatable bonds is 4. The van der Waals surface area contributed by atoms with Crippen molar-refractivity contribution in [1.29, 1.82) is 5.26 Å². The monoisotopic (exact) mass is 447 g/mol. The Bertz CT molecular complexity index is 1270. The minimum atomic E-state index is 0.0516. The molecule has 6 heteroatoms. The number of piperazine rings is 1. The highest BCUT2D eigenvalue weighted by molar-refractivity contribution is 5.99. The van der Waals surface area contributed by atoms with Crippen LogP contribution in [0.25, 0.3) is 5.57 Å². The van der Waals surface area contributed by atoms with E-state index >= 15 is 0 Å². The average Bonchev–Trinajstić information content (AvgIpc) is 2.93. The second-order valence-corrected chi connectivity index (χ2v) is 8.34. The molecule has 0 atom stereocenters. The van der Waals surface area contributed by atoms with Crippen LogP contribution >= 0.6 is 0 Å². The number of benzene rings is 2. The van der Waals surface area contributed by atoms with Gasteiger partial charge < -0.3 is 14.7 Å². The van der Waals surface area contributed by atoms with E-state index in [4.69, 9.17) is 0 Å². The Morgan fingerprint density at radius 2 is 1.62 bits per heavy atom. The summed E-state index contributed by atoms with van der Waals surface area (Å²) in [7, 11) is 0. The minimum absolute atomic E-state index is 0.0516. The van der Waals surface area contributed by atoms with Gasteiger partial charge in [0.15, 0.2) is 0 Å².